The molecule has 0 aromatic rings. The Morgan fingerprint density at radius 3 is 2.80 bits per heavy atom. The second kappa shape index (κ2) is 4.10. The monoisotopic (exact) mass is 212 g/mol. The second-order valence-corrected chi connectivity index (χ2v) is 5.16. The van der Waals surface area contributed by atoms with Crippen LogP contribution in [0.2, 0.25) is 0 Å². The third kappa shape index (κ3) is 2.32. The average Bonchev–Trinajstić information content (AvgIpc) is 2.58. The topological polar surface area (TPSA) is 50.4 Å². The van der Waals surface area contributed by atoms with Gasteiger partial charge in [-0.15, -0.1) is 0 Å². The summed E-state index contributed by atoms with van der Waals surface area (Å²) in [6.45, 7) is 7.46. The van der Waals surface area contributed by atoms with Gasteiger partial charge in [0.05, 0.1) is 19.1 Å². The first kappa shape index (κ1) is 10.9. The van der Waals surface area contributed by atoms with E-state index in [2.05, 4.69) is 24.5 Å². The van der Waals surface area contributed by atoms with Gasteiger partial charge in [0.2, 0.25) is 5.91 Å². The van der Waals surface area contributed by atoms with Crippen LogP contribution in [0, 0.1) is 11.3 Å². The number of hydrogen-bond donors (Lipinski definition) is 2. The highest BCUT2D eigenvalue weighted by atomic mass is 16.5. The first-order valence-corrected chi connectivity index (χ1v) is 5.70. The molecule has 2 aliphatic rings. The molecule has 2 atom stereocenters. The van der Waals surface area contributed by atoms with Crippen molar-refractivity contribution >= 4 is 5.91 Å². The van der Waals surface area contributed by atoms with E-state index in [0.717, 1.165) is 32.7 Å². The Kier molecular flexibility index (Phi) is 2.98. The molecule has 2 heterocycles. The van der Waals surface area contributed by atoms with Crippen molar-refractivity contribution < 1.29 is 9.53 Å². The van der Waals surface area contributed by atoms with E-state index >= 15 is 0 Å². The summed E-state index contributed by atoms with van der Waals surface area (Å²) in [7, 11) is 0. The lowest BCUT2D eigenvalue weighted by Gasteiger charge is -2.38. The quantitative estimate of drug-likeness (QED) is 0.699. The van der Waals surface area contributed by atoms with Crippen molar-refractivity contribution in [3.05, 3.63) is 0 Å². The van der Waals surface area contributed by atoms with E-state index in [1.165, 1.54) is 0 Å². The Morgan fingerprint density at radius 2 is 2.33 bits per heavy atom. The Hall–Kier alpha value is -0.610. The van der Waals surface area contributed by atoms with Crippen LogP contribution in [0.4, 0.5) is 0 Å². The van der Waals surface area contributed by atoms with E-state index in [4.69, 9.17) is 4.74 Å². The highest BCUT2D eigenvalue weighted by Crippen LogP contribution is 2.25. The van der Waals surface area contributed by atoms with Crippen molar-refractivity contribution in [1.29, 1.82) is 0 Å². The predicted molar refractivity (Wildman–Crippen MR) is 57.5 cm³/mol. The van der Waals surface area contributed by atoms with Crippen LogP contribution < -0.4 is 10.6 Å². The molecule has 0 aromatic heterocycles. The van der Waals surface area contributed by atoms with Crippen molar-refractivity contribution in [2.75, 3.05) is 26.3 Å². The van der Waals surface area contributed by atoms with Gasteiger partial charge in [0.25, 0.3) is 0 Å². The van der Waals surface area contributed by atoms with Crippen molar-refractivity contribution in [2.24, 2.45) is 11.3 Å². The van der Waals surface area contributed by atoms with Gasteiger partial charge in [0.1, 0.15) is 0 Å². The molecule has 4 nitrogen and oxygen atoms in total. The summed E-state index contributed by atoms with van der Waals surface area (Å²) >= 11 is 0. The molecule has 2 fully saturated rings. The summed E-state index contributed by atoms with van der Waals surface area (Å²) in [5.74, 6) is 0.343. The van der Waals surface area contributed by atoms with Crippen LogP contribution in [0.15, 0.2) is 0 Å². The van der Waals surface area contributed by atoms with Gasteiger partial charge in [-0.2, -0.15) is 0 Å². The number of nitrogens with one attached hydrogen (secondary N) is 2. The van der Waals surface area contributed by atoms with Crippen LogP contribution in [-0.4, -0.2) is 38.3 Å². The third-order valence-electron chi connectivity index (χ3n) is 3.45. The summed E-state index contributed by atoms with van der Waals surface area (Å²) in [6.07, 6.45) is 0.959. The van der Waals surface area contributed by atoms with Gasteiger partial charge < -0.3 is 15.4 Å². The van der Waals surface area contributed by atoms with Crippen LogP contribution in [0.1, 0.15) is 20.3 Å². The molecule has 15 heavy (non-hydrogen) atoms. The molecule has 0 aromatic carbocycles. The van der Waals surface area contributed by atoms with Gasteiger partial charge >= 0.3 is 0 Å². The van der Waals surface area contributed by atoms with Gasteiger partial charge in [-0.05, 0) is 19.9 Å². The van der Waals surface area contributed by atoms with Crippen LogP contribution in [0.25, 0.3) is 0 Å². The van der Waals surface area contributed by atoms with E-state index < -0.39 is 0 Å². The van der Waals surface area contributed by atoms with E-state index in [1.54, 1.807) is 0 Å². The summed E-state index contributed by atoms with van der Waals surface area (Å²) in [4.78, 5) is 11.9. The van der Waals surface area contributed by atoms with Crippen LogP contribution in [0.3, 0.4) is 0 Å². The number of rotatable bonds is 3. The van der Waals surface area contributed by atoms with Crippen molar-refractivity contribution in [3.63, 3.8) is 0 Å². The fraction of sp³-hybridized carbons (Fsp3) is 0.909. The minimum atomic E-state index is 0.148. The van der Waals surface area contributed by atoms with Gasteiger partial charge in [0, 0.05) is 18.0 Å². The molecular weight excluding hydrogens is 192 g/mol. The maximum absolute atomic E-state index is 11.9. The predicted octanol–water partition coefficient (Wildman–Crippen LogP) is 0.137. The molecule has 2 rings (SSSR count). The molecule has 1 amide bonds. The zero-order valence-corrected chi connectivity index (χ0v) is 9.51. The van der Waals surface area contributed by atoms with Crippen LogP contribution in [0.5, 0.6) is 0 Å². The van der Waals surface area contributed by atoms with E-state index in [0.29, 0.717) is 6.04 Å². The lowest BCUT2D eigenvalue weighted by Crippen LogP contribution is -2.50. The second-order valence-electron chi connectivity index (χ2n) is 5.16. The molecule has 0 spiro atoms. The third-order valence-corrected chi connectivity index (χ3v) is 3.45. The SMILES string of the molecule is CC1NCCC1C(=O)NCC1(C)COC1. The average molecular weight is 212 g/mol. The van der Waals surface area contributed by atoms with Crippen LogP contribution >= 0.6 is 0 Å². The molecule has 2 saturated heterocycles. The summed E-state index contributed by atoms with van der Waals surface area (Å²) < 4.78 is 5.15. The van der Waals surface area contributed by atoms with Gasteiger partial charge in [-0.25, -0.2) is 0 Å². The first-order chi connectivity index (χ1) is 7.11. The zero-order valence-electron chi connectivity index (χ0n) is 9.51. The Bertz CT molecular complexity index is 251. The Balaban J connectivity index is 1.76. The molecule has 2 unspecified atom stereocenters. The summed E-state index contributed by atoms with van der Waals surface area (Å²) in [5.41, 5.74) is 0.172. The smallest absolute Gasteiger partial charge is 0.224 e. The van der Waals surface area contributed by atoms with Gasteiger partial charge in [0.15, 0.2) is 0 Å². The van der Waals surface area contributed by atoms with Crippen molar-refractivity contribution in [3.8, 4) is 0 Å². The minimum absolute atomic E-state index is 0.148. The molecule has 4 heteroatoms. The van der Waals surface area contributed by atoms with Crippen molar-refractivity contribution in [1.82, 2.24) is 10.6 Å². The number of ether oxygens (including phenoxy) is 1. The number of hydrogen-bond acceptors (Lipinski definition) is 3. The molecule has 2 N–H and O–H groups in total. The van der Waals surface area contributed by atoms with Crippen molar-refractivity contribution in [2.45, 2.75) is 26.3 Å². The first-order valence-electron chi connectivity index (χ1n) is 5.70. The van der Waals surface area contributed by atoms with Crippen LogP contribution in [-0.2, 0) is 9.53 Å². The molecule has 0 bridgehead atoms. The lowest BCUT2D eigenvalue weighted by atomic mass is 9.88. The summed E-state index contributed by atoms with van der Waals surface area (Å²) in [6, 6.07) is 0.315. The number of carbonyl (C=O) groups excluding carboxylic acids is 1. The molecule has 2 aliphatic heterocycles. The highest BCUT2D eigenvalue weighted by Gasteiger charge is 2.35. The minimum Gasteiger partial charge on any atom is -0.380 e. The molecule has 0 saturated carbocycles. The van der Waals surface area contributed by atoms with E-state index in [9.17, 15) is 4.79 Å². The number of carbonyl (C=O) groups is 1. The maximum Gasteiger partial charge on any atom is 0.224 e. The fourth-order valence-electron chi connectivity index (χ4n) is 2.20. The molecule has 86 valence electrons. The highest BCUT2D eigenvalue weighted by molar-refractivity contribution is 5.79. The lowest BCUT2D eigenvalue weighted by molar-refractivity contribution is -0.130. The van der Waals surface area contributed by atoms with Gasteiger partial charge in [-0.1, -0.05) is 6.92 Å². The molecular formula is C11H20N2O2. The largest absolute Gasteiger partial charge is 0.380 e. The molecule has 0 radical (unpaired) electrons. The maximum atomic E-state index is 11.9. The zero-order chi connectivity index (χ0) is 10.9. The summed E-state index contributed by atoms with van der Waals surface area (Å²) in [5, 5.41) is 6.33. The standard InChI is InChI=1S/C11H20N2O2/c1-8-9(3-4-12-8)10(14)13-5-11(2)6-15-7-11/h8-9,12H,3-7H2,1-2H3,(H,13,14). The fourth-order valence-corrected chi connectivity index (χ4v) is 2.20. The van der Waals surface area contributed by atoms with E-state index in [-0.39, 0.29) is 17.2 Å². The van der Waals surface area contributed by atoms with Gasteiger partial charge in [-0.3, -0.25) is 4.79 Å². The number of amides is 1. The Morgan fingerprint density at radius 1 is 1.60 bits per heavy atom. The molecule has 0 aliphatic carbocycles. The normalized spacial score (nSPS) is 33.5. The Labute approximate surface area is 90.8 Å². The van der Waals surface area contributed by atoms with E-state index in [1.807, 2.05) is 0 Å².